The molecule has 1 N–H and O–H groups in total. The molecular weight excluding hydrogens is 322 g/mol. The normalized spacial score (nSPS) is 11.2. The van der Waals surface area contributed by atoms with Crippen LogP contribution in [0.25, 0.3) is 22.4 Å². The van der Waals surface area contributed by atoms with E-state index in [9.17, 15) is 4.79 Å². The summed E-state index contributed by atoms with van der Waals surface area (Å²) in [7, 11) is 3.60. The van der Waals surface area contributed by atoms with E-state index < -0.39 is 0 Å². The number of hydrogen-bond donors (Lipinski definition) is 1. The Kier molecular flexibility index (Phi) is 3.34. The minimum Gasteiger partial charge on any atom is -0.335 e. The van der Waals surface area contributed by atoms with Crippen LogP contribution in [0.4, 0.5) is 5.82 Å². The minimum atomic E-state index is -0.303. The van der Waals surface area contributed by atoms with Crippen molar-refractivity contribution < 1.29 is 9.32 Å². The Morgan fingerprint density at radius 2 is 2.12 bits per heavy atom. The highest BCUT2D eigenvalue weighted by Gasteiger charge is 2.20. The maximum atomic E-state index is 12.8. The largest absolute Gasteiger partial charge is 0.335 e. The molecule has 4 aromatic rings. The molecule has 0 fully saturated rings. The summed E-state index contributed by atoms with van der Waals surface area (Å²) in [6, 6.07) is 3.43. The first-order chi connectivity index (χ1) is 12.0. The molecule has 126 valence electrons. The Labute approximate surface area is 142 Å². The molecule has 4 rings (SSSR count). The molecule has 0 saturated heterocycles. The highest BCUT2D eigenvalue weighted by Crippen LogP contribution is 2.27. The van der Waals surface area contributed by atoms with Gasteiger partial charge in [0.15, 0.2) is 5.82 Å². The second kappa shape index (κ2) is 5.55. The third-order valence-electron chi connectivity index (χ3n) is 3.82. The molecule has 0 atom stereocenters. The van der Waals surface area contributed by atoms with E-state index in [1.807, 2.05) is 13.2 Å². The maximum absolute atomic E-state index is 12.8. The molecule has 0 unspecified atom stereocenters. The van der Waals surface area contributed by atoms with Crippen molar-refractivity contribution in [2.75, 3.05) is 5.32 Å². The lowest BCUT2D eigenvalue weighted by Crippen LogP contribution is -2.13. The number of amides is 1. The number of nitrogens with one attached hydrogen (secondary N) is 1. The summed E-state index contributed by atoms with van der Waals surface area (Å²) in [5.41, 5.74) is 2.71. The van der Waals surface area contributed by atoms with Crippen LogP contribution in [0.15, 0.2) is 35.2 Å². The number of aromatic nitrogens is 6. The van der Waals surface area contributed by atoms with E-state index in [1.165, 1.54) is 0 Å². The quantitative estimate of drug-likeness (QED) is 0.612. The van der Waals surface area contributed by atoms with Gasteiger partial charge >= 0.3 is 0 Å². The standard InChI is InChI=1S/C16H15N7O2/c1-9-14-11(15(24)19-13-4-5-22(2)20-13)6-12(18-16(14)25-21-9)10-7-17-23(3)8-10/h4-8H,1-3H3,(H,19,20,24). The fourth-order valence-electron chi connectivity index (χ4n) is 2.64. The SMILES string of the molecule is Cc1noc2nc(-c3cnn(C)c3)cc(C(=O)Nc3ccn(C)n3)c12. The van der Waals surface area contributed by atoms with Crippen molar-refractivity contribution in [3.05, 3.63) is 42.0 Å². The predicted molar refractivity (Wildman–Crippen MR) is 89.9 cm³/mol. The van der Waals surface area contributed by atoms with E-state index in [2.05, 4.69) is 25.7 Å². The molecule has 0 radical (unpaired) electrons. The molecule has 9 nitrogen and oxygen atoms in total. The highest BCUT2D eigenvalue weighted by molar-refractivity contribution is 6.12. The van der Waals surface area contributed by atoms with E-state index >= 15 is 0 Å². The van der Waals surface area contributed by atoms with Crippen LogP contribution < -0.4 is 5.32 Å². The highest BCUT2D eigenvalue weighted by atomic mass is 16.5. The summed E-state index contributed by atoms with van der Waals surface area (Å²) < 4.78 is 8.56. The van der Waals surface area contributed by atoms with Crippen LogP contribution in [-0.4, -0.2) is 35.6 Å². The number of fused-ring (bicyclic) bond motifs is 1. The summed E-state index contributed by atoms with van der Waals surface area (Å²) >= 11 is 0. The topological polar surface area (TPSA) is 104 Å². The Hall–Kier alpha value is -3.49. The number of aryl methyl sites for hydroxylation is 3. The zero-order valence-corrected chi connectivity index (χ0v) is 13.9. The van der Waals surface area contributed by atoms with Crippen molar-refractivity contribution in [1.29, 1.82) is 0 Å². The van der Waals surface area contributed by atoms with Gasteiger partial charge in [-0.1, -0.05) is 5.16 Å². The molecule has 0 bridgehead atoms. The zero-order valence-electron chi connectivity index (χ0n) is 13.9. The summed E-state index contributed by atoms with van der Waals surface area (Å²) in [6.45, 7) is 1.77. The first-order valence-corrected chi connectivity index (χ1v) is 7.58. The predicted octanol–water partition coefficient (Wildman–Crippen LogP) is 1.92. The van der Waals surface area contributed by atoms with Crippen LogP contribution in [0.1, 0.15) is 16.1 Å². The van der Waals surface area contributed by atoms with Crippen LogP contribution in [0.2, 0.25) is 0 Å². The van der Waals surface area contributed by atoms with E-state index in [-0.39, 0.29) is 5.91 Å². The lowest BCUT2D eigenvalue weighted by Gasteiger charge is -2.05. The van der Waals surface area contributed by atoms with E-state index in [0.717, 1.165) is 5.56 Å². The van der Waals surface area contributed by atoms with Gasteiger partial charge in [-0.15, -0.1) is 0 Å². The van der Waals surface area contributed by atoms with Crippen molar-refractivity contribution in [2.45, 2.75) is 6.92 Å². The molecular formula is C16H15N7O2. The summed E-state index contributed by atoms with van der Waals surface area (Å²) in [5, 5.41) is 15.6. The van der Waals surface area contributed by atoms with Gasteiger partial charge in [0.1, 0.15) is 0 Å². The van der Waals surface area contributed by atoms with Gasteiger partial charge in [0.25, 0.3) is 11.6 Å². The molecule has 0 saturated carbocycles. The smallest absolute Gasteiger partial charge is 0.259 e. The van der Waals surface area contributed by atoms with Crippen LogP contribution in [0.3, 0.4) is 0 Å². The van der Waals surface area contributed by atoms with Gasteiger partial charge in [-0.05, 0) is 13.0 Å². The monoisotopic (exact) mass is 337 g/mol. The fourth-order valence-corrected chi connectivity index (χ4v) is 2.64. The summed E-state index contributed by atoms with van der Waals surface area (Å²) in [6.07, 6.45) is 5.25. The first-order valence-electron chi connectivity index (χ1n) is 7.58. The lowest BCUT2D eigenvalue weighted by molar-refractivity contribution is 0.102. The molecule has 0 aliphatic rings. The van der Waals surface area contributed by atoms with Gasteiger partial charge < -0.3 is 9.84 Å². The number of carbonyl (C=O) groups excluding carboxylic acids is 1. The molecule has 0 spiro atoms. The van der Waals surface area contributed by atoms with Gasteiger partial charge in [-0.3, -0.25) is 14.2 Å². The molecule has 1 amide bonds. The maximum Gasteiger partial charge on any atom is 0.259 e. The number of pyridine rings is 1. The van der Waals surface area contributed by atoms with Gasteiger partial charge in [0, 0.05) is 38.1 Å². The number of rotatable bonds is 3. The Morgan fingerprint density at radius 1 is 1.28 bits per heavy atom. The van der Waals surface area contributed by atoms with Crippen molar-refractivity contribution in [3.63, 3.8) is 0 Å². The van der Waals surface area contributed by atoms with Crippen molar-refractivity contribution in [2.24, 2.45) is 14.1 Å². The van der Waals surface area contributed by atoms with Crippen molar-refractivity contribution in [1.82, 2.24) is 29.7 Å². The van der Waals surface area contributed by atoms with Gasteiger partial charge in [-0.25, -0.2) is 4.98 Å². The van der Waals surface area contributed by atoms with Crippen molar-refractivity contribution >= 4 is 22.8 Å². The average molecular weight is 337 g/mol. The molecule has 0 aliphatic carbocycles. The van der Waals surface area contributed by atoms with Gasteiger partial charge in [0.05, 0.1) is 28.5 Å². The molecule has 25 heavy (non-hydrogen) atoms. The molecule has 9 heteroatoms. The first kappa shape index (κ1) is 15.1. The van der Waals surface area contributed by atoms with Crippen LogP contribution in [0, 0.1) is 6.92 Å². The van der Waals surface area contributed by atoms with Crippen LogP contribution in [0.5, 0.6) is 0 Å². The molecule has 4 aromatic heterocycles. The van der Waals surface area contributed by atoms with Gasteiger partial charge in [0.2, 0.25) is 0 Å². The Morgan fingerprint density at radius 3 is 2.80 bits per heavy atom. The molecule has 4 heterocycles. The van der Waals surface area contributed by atoms with E-state index in [1.54, 1.807) is 47.9 Å². The average Bonchev–Trinajstić information content (AvgIpc) is 3.28. The molecule has 0 aliphatic heterocycles. The van der Waals surface area contributed by atoms with Crippen LogP contribution in [-0.2, 0) is 14.1 Å². The lowest BCUT2D eigenvalue weighted by atomic mass is 10.1. The summed E-state index contributed by atoms with van der Waals surface area (Å²) in [5.74, 6) is 0.164. The zero-order chi connectivity index (χ0) is 17.6. The third-order valence-corrected chi connectivity index (χ3v) is 3.82. The Bertz CT molecular complexity index is 1090. The number of anilines is 1. The third kappa shape index (κ3) is 2.65. The fraction of sp³-hybridized carbons (Fsp3) is 0.188. The number of carbonyl (C=O) groups is 1. The second-order valence-electron chi connectivity index (χ2n) is 5.73. The van der Waals surface area contributed by atoms with E-state index in [4.69, 9.17) is 4.52 Å². The Balaban J connectivity index is 1.82. The minimum absolute atomic E-state index is 0.303. The van der Waals surface area contributed by atoms with E-state index in [0.29, 0.717) is 33.9 Å². The van der Waals surface area contributed by atoms with Crippen molar-refractivity contribution in [3.8, 4) is 11.3 Å². The second-order valence-corrected chi connectivity index (χ2v) is 5.73. The van der Waals surface area contributed by atoms with Gasteiger partial charge in [-0.2, -0.15) is 10.2 Å². The number of nitrogens with zero attached hydrogens (tertiary/aromatic N) is 6. The summed E-state index contributed by atoms with van der Waals surface area (Å²) in [4.78, 5) is 17.2. The molecule has 0 aromatic carbocycles. The number of hydrogen-bond acceptors (Lipinski definition) is 6. The van der Waals surface area contributed by atoms with Crippen LogP contribution >= 0.6 is 0 Å².